The highest BCUT2D eigenvalue weighted by Crippen LogP contribution is 2.35. The number of aromatic nitrogens is 1. The summed E-state index contributed by atoms with van der Waals surface area (Å²) in [5, 5.41) is 16.6. The molecule has 2 amide bonds. The molecule has 4 aromatic rings. The molecule has 9 nitrogen and oxygen atoms in total. The number of nitrogens with two attached hydrogens (primary N) is 2. The molecule has 1 aliphatic rings. The highest BCUT2D eigenvalue weighted by Gasteiger charge is 2.16. The van der Waals surface area contributed by atoms with E-state index in [1.807, 2.05) is 30.3 Å². The zero-order chi connectivity index (χ0) is 26.4. The molecule has 0 radical (unpaired) electrons. The Balaban J connectivity index is 0.000000207. The van der Waals surface area contributed by atoms with Crippen LogP contribution in [0.1, 0.15) is 50.7 Å². The number of rotatable bonds is 8. The number of hydrogen-bond acceptors (Lipinski definition) is 7. The number of aliphatic carboxylic acids is 1. The molecule has 0 unspecified atom stereocenters. The van der Waals surface area contributed by atoms with Crippen molar-refractivity contribution < 1.29 is 19.5 Å². The van der Waals surface area contributed by atoms with Crippen LogP contribution >= 0.6 is 22.7 Å². The summed E-state index contributed by atoms with van der Waals surface area (Å²) in [4.78, 5) is 38.3. The molecule has 8 N–H and O–H groups in total. The Morgan fingerprint density at radius 2 is 1.86 bits per heavy atom. The Morgan fingerprint density at radius 1 is 1.11 bits per heavy atom. The summed E-state index contributed by atoms with van der Waals surface area (Å²) < 4.78 is 1.18. The average molecular weight is 542 g/mol. The largest absolute Gasteiger partial charge is 0.481 e. The van der Waals surface area contributed by atoms with Crippen molar-refractivity contribution in [1.82, 2.24) is 15.6 Å². The third-order valence-corrected chi connectivity index (χ3v) is 8.81. The van der Waals surface area contributed by atoms with E-state index in [-0.39, 0.29) is 24.6 Å². The van der Waals surface area contributed by atoms with Gasteiger partial charge in [-0.3, -0.25) is 14.4 Å². The van der Waals surface area contributed by atoms with Crippen molar-refractivity contribution >= 4 is 66.4 Å². The number of nitrogen functional groups attached to an aromatic ring is 1. The molecule has 5 rings (SSSR count). The monoisotopic (exact) mass is 541 g/mol. The van der Waals surface area contributed by atoms with Gasteiger partial charge in [-0.1, -0.05) is 18.2 Å². The lowest BCUT2D eigenvalue weighted by Crippen LogP contribution is -2.27. The number of H-pyrrole nitrogens is 1. The second-order valence-electron chi connectivity index (χ2n) is 9.02. The zero-order valence-corrected chi connectivity index (χ0v) is 22.0. The Morgan fingerprint density at radius 3 is 2.54 bits per heavy atom. The van der Waals surface area contributed by atoms with Gasteiger partial charge in [0.05, 0.1) is 21.0 Å². The highest BCUT2D eigenvalue weighted by molar-refractivity contribution is 7.39. The van der Waals surface area contributed by atoms with Crippen LogP contribution in [0.25, 0.3) is 20.3 Å². The Labute approximate surface area is 222 Å². The third-order valence-electron chi connectivity index (χ3n) is 6.36. The summed E-state index contributed by atoms with van der Waals surface area (Å²) in [7, 11) is 0. The summed E-state index contributed by atoms with van der Waals surface area (Å²) in [5.41, 5.74) is 12.4. The summed E-state index contributed by atoms with van der Waals surface area (Å²) in [6.45, 7) is 2.45. The van der Waals surface area contributed by atoms with E-state index < -0.39 is 11.9 Å². The number of amides is 2. The normalized spacial score (nSPS) is 13.8. The Bertz CT molecular complexity index is 1370. The molecule has 3 aromatic heterocycles. The maximum atomic E-state index is 12.0. The van der Waals surface area contributed by atoms with E-state index in [4.69, 9.17) is 16.6 Å². The summed E-state index contributed by atoms with van der Waals surface area (Å²) in [6, 6.07) is 11.5. The smallest absolute Gasteiger partial charge is 0.305 e. The van der Waals surface area contributed by atoms with Crippen molar-refractivity contribution in [3.05, 3.63) is 51.8 Å². The standard InChI is InChI=1S/C17H22N2O3S2.C9H9N3O/c20-15(21)5-8-19-16(22)14-10-12-9-13(23-17(12)24-14)2-1-11-3-6-18-7-4-11;10-7-5-3-1-2-4-6(5)12-8(7)9(11)13/h9-11,18H,1-8H2,(H,19,22)(H,20,21);1-4,12H,10H2,(H2,11,13). The molecule has 0 aliphatic carbocycles. The van der Waals surface area contributed by atoms with Crippen LogP contribution in [0, 0.1) is 5.92 Å². The first kappa shape index (κ1) is 26.6. The van der Waals surface area contributed by atoms with Gasteiger partial charge in [0, 0.05) is 27.7 Å². The van der Waals surface area contributed by atoms with E-state index in [2.05, 4.69) is 21.7 Å². The first-order chi connectivity index (χ1) is 17.8. The quantitative estimate of drug-likeness (QED) is 0.198. The number of para-hydroxylation sites is 1. The van der Waals surface area contributed by atoms with Crippen molar-refractivity contribution in [2.45, 2.75) is 32.1 Å². The van der Waals surface area contributed by atoms with Crippen LogP contribution in [0.5, 0.6) is 0 Å². The molecule has 1 aliphatic heterocycles. The third kappa shape index (κ3) is 6.88. The molecular weight excluding hydrogens is 510 g/mol. The zero-order valence-electron chi connectivity index (χ0n) is 20.3. The molecule has 0 spiro atoms. The Kier molecular flexibility index (Phi) is 8.80. The number of carboxylic acids is 1. The molecule has 196 valence electrons. The number of primary amides is 1. The van der Waals surface area contributed by atoms with Crippen LogP contribution in [-0.4, -0.2) is 47.5 Å². The minimum absolute atomic E-state index is 0.0493. The molecule has 0 bridgehead atoms. The first-order valence-corrected chi connectivity index (χ1v) is 13.8. The minimum atomic E-state index is -0.902. The highest BCUT2D eigenvalue weighted by atomic mass is 32.2. The van der Waals surface area contributed by atoms with Gasteiger partial charge in [0.15, 0.2) is 0 Å². The second kappa shape index (κ2) is 12.2. The van der Waals surface area contributed by atoms with E-state index in [1.165, 1.54) is 39.5 Å². The maximum absolute atomic E-state index is 12.0. The van der Waals surface area contributed by atoms with Gasteiger partial charge in [-0.15, -0.1) is 22.7 Å². The molecule has 37 heavy (non-hydrogen) atoms. The van der Waals surface area contributed by atoms with Crippen LogP contribution in [0.3, 0.4) is 0 Å². The maximum Gasteiger partial charge on any atom is 0.305 e. The molecule has 1 saturated heterocycles. The van der Waals surface area contributed by atoms with Gasteiger partial charge in [-0.25, -0.2) is 0 Å². The number of carboxylic acid groups (broad SMARTS) is 1. The number of aryl methyl sites for hydroxylation is 1. The number of aromatic amines is 1. The molecule has 1 aromatic carbocycles. The number of carbonyl (C=O) groups excluding carboxylic acids is 2. The molecule has 11 heteroatoms. The minimum Gasteiger partial charge on any atom is -0.481 e. The second-order valence-corrected chi connectivity index (χ2v) is 11.5. The summed E-state index contributed by atoms with van der Waals surface area (Å²) >= 11 is 3.28. The van der Waals surface area contributed by atoms with E-state index in [9.17, 15) is 14.4 Å². The fraction of sp³-hybridized carbons (Fsp3) is 0.346. The van der Waals surface area contributed by atoms with E-state index >= 15 is 0 Å². The van der Waals surface area contributed by atoms with E-state index in [0.29, 0.717) is 10.6 Å². The number of nitrogens with one attached hydrogen (secondary N) is 3. The predicted molar refractivity (Wildman–Crippen MR) is 149 cm³/mol. The van der Waals surface area contributed by atoms with Crippen LogP contribution in [0.15, 0.2) is 36.4 Å². The lowest BCUT2D eigenvalue weighted by molar-refractivity contribution is -0.136. The SMILES string of the molecule is NC(=O)c1[nH]c2ccccc2c1N.O=C(O)CCNC(=O)c1cc2cc(CCC3CCNCC3)sc2s1. The lowest BCUT2D eigenvalue weighted by atomic mass is 9.93. The number of piperidine rings is 1. The van der Waals surface area contributed by atoms with Crippen LogP contribution in [0.4, 0.5) is 5.69 Å². The van der Waals surface area contributed by atoms with Crippen LogP contribution in [-0.2, 0) is 11.2 Å². The molecule has 1 fully saturated rings. The van der Waals surface area contributed by atoms with Crippen LogP contribution in [0.2, 0.25) is 0 Å². The fourth-order valence-corrected chi connectivity index (χ4v) is 6.79. The van der Waals surface area contributed by atoms with Gasteiger partial charge >= 0.3 is 5.97 Å². The molecule has 0 saturated carbocycles. The van der Waals surface area contributed by atoms with E-state index in [0.717, 1.165) is 41.7 Å². The van der Waals surface area contributed by atoms with E-state index in [1.54, 1.807) is 11.3 Å². The van der Waals surface area contributed by atoms with Crippen molar-refractivity contribution in [1.29, 1.82) is 0 Å². The molecule has 4 heterocycles. The number of fused-ring (bicyclic) bond motifs is 2. The Hall–Kier alpha value is -3.41. The number of benzene rings is 1. The van der Waals surface area contributed by atoms with Crippen LogP contribution < -0.4 is 22.1 Å². The lowest BCUT2D eigenvalue weighted by Gasteiger charge is -2.22. The number of hydrogen-bond donors (Lipinski definition) is 6. The van der Waals surface area contributed by atoms with Crippen molar-refractivity contribution in [2.24, 2.45) is 11.7 Å². The summed E-state index contributed by atoms with van der Waals surface area (Å²) in [5.74, 6) is -0.780. The fourth-order valence-electron chi connectivity index (χ4n) is 4.37. The van der Waals surface area contributed by atoms with Gasteiger partial charge < -0.3 is 32.2 Å². The number of anilines is 1. The first-order valence-electron chi connectivity index (χ1n) is 12.2. The predicted octanol–water partition coefficient (Wildman–Crippen LogP) is 3.95. The average Bonchev–Trinajstić information content (AvgIpc) is 3.55. The molecule has 0 atom stereocenters. The number of carbonyl (C=O) groups is 3. The van der Waals surface area contributed by atoms with Gasteiger partial charge in [0.1, 0.15) is 5.69 Å². The van der Waals surface area contributed by atoms with Gasteiger partial charge in [0.2, 0.25) is 0 Å². The molecular formula is C26H31N5O4S2. The van der Waals surface area contributed by atoms with Gasteiger partial charge in [-0.05, 0) is 62.9 Å². The van der Waals surface area contributed by atoms with Crippen molar-refractivity contribution in [3.63, 3.8) is 0 Å². The van der Waals surface area contributed by atoms with Crippen molar-refractivity contribution in [3.8, 4) is 0 Å². The van der Waals surface area contributed by atoms with Gasteiger partial charge in [0.25, 0.3) is 11.8 Å². The summed E-state index contributed by atoms with van der Waals surface area (Å²) in [6.07, 6.45) is 4.88. The van der Waals surface area contributed by atoms with Gasteiger partial charge in [-0.2, -0.15) is 0 Å². The topological polar surface area (TPSA) is 163 Å². The number of thiophene rings is 2. The van der Waals surface area contributed by atoms with Crippen molar-refractivity contribution in [2.75, 3.05) is 25.4 Å².